The molecule has 1 atom stereocenters. The normalized spacial score (nSPS) is 23.0. The third kappa shape index (κ3) is 2.51. The van der Waals surface area contributed by atoms with Crippen molar-refractivity contribution in [3.8, 4) is 0 Å². The van der Waals surface area contributed by atoms with Gasteiger partial charge in [0.15, 0.2) is 0 Å². The van der Waals surface area contributed by atoms with E-state index in [2.05, 4.69) is 5.32 Å². The third-order valence-corrected chi connectivity index (χ3v) is 4.18. The fourth-order valence-corrected chi connectivity index (χ4v) is 3.05. The summed E-state index contributed by atoms with van der Waals surface area (Å²) in [6, 6.07) is 3.48. The zero-order chi connectivity index (χ0) is 15.1. The Bertz CT molecular complexity index is 588. The molecule has 2 saturated heterocycles. The molecule has 0 aromatic heterocycles. The van der Waals surface area contributed by atoms with Gasteiger partial charge >= 0.3 is 0 Å². The van der Waals surface area contributed by atoms with Gasteiger partial charge < -0.3 is 10.6 Å². The van der Waals surface area contributed by atoms with Gasteiger partial charge in [-0.05, 0) is 31.0 Å². The molecular weight excluding hydrogens is 273 g/mol. The van der Waals surface area contributed by atoms with Crippen molar-refractivity contribution in [3.05, 3.63) is 29.1 Å². The highest BCUT2D eigenvalue weighted by molar-refractivity contribution is 6.01. The summed E-state index contributed by atoms with van der Waals surface area (Å²) in [6.45, 7) is 3.23. The van der Waals surface area contributed by atoms with E-state index in [1.807, 2.05) is 11.0 Å². The number of rotatable bonds is 2. The Labute approximate surface area is 122 Å². The maximum atomic E-state index is 14.5. The quantitative estimate of drug-likeness (QED) is 0.790. The Hall–Kier alpha value is -1.95. The fourth-order valence-electron chi connectivity index (χ4n) is 3.05. The van der Waals surface area contributed by atoms with E-state index < -0.39 is 11.8 Å². The Morgan fingerprint density at radius 3 is 2.62 bits per heavy atom. The van der Waals surface area contributed by atoms with Crippen LogP contribution >= 0.6 is 0 Å². The molecular formula is C15H18FN3O2. The van der Waals surface area contributed by atoms with Gasteiger partial charge in [0.2, 0.25) is 11.8 Å². The van der Waals surface area contributed by atoms with Crippen molar-refractivity contribution in [2.24, 2.45) is 5.73 Å². The molecule has 0 bridgehead atoms. The first-order valence-corrected chi connectivity index (χ1v) is 7.10. The van der Waals surface area contributed by atoms with E-state index in [0.717, 1.165) is 24.3 Å². The lowest BCUT2D eigenvalue weighted by atomic mass is 9.87. The average Bonchev–Trinajstić information content (AvgIpc) is 2.36. The largest absolute Gasteiger partial charge is 0.368 e. The van der Waals surface area contributed by atoms with Crippen LogP contribution in [0.1, 0.15) is 29.9 Å². The number of imide groups is 1. The second-order valence-corrected chi connectivity index (χ2v) is 5.83. The van der Waals surface area contributed by atoms with Crippen molar-refractivity contribution in [2.75, 3.05) is 18.0 Å². The number of benzene rings is 1. The van der Waals surface area contributed by atoms with Gasteiger partial charge in [0.05, 0.1) is 5.92 Å². The van der Waals surface area contributed by atoms with Crippen LogP contribution in [0.25, 0.3) is 0 Å². The van der Waals surface area contributed by atoms with Crippen molar-refractivity contribution in [2.45, 2.75) is 31.7 Å². The monoisotopic (exact) mass is 291 g/mol. The molecule has 0 spiro atoms. The van der Waals surface area contributed by atoms with Crippen molar-refractivity contribution in [1.82, 2.24) is 5.32 Å². The van der Waals surface area contributed by atoms with Gasteiger partial charge in [-0.2, -0.15) is 0 Å². The summed E-state index contributed by atoms with van der Waals surface area (Å²) in [4.78, 5) is 25.1. The Morgan fingerprint density at radius 1 is 1.33 bits per heavy atom. The summed E-state index contributed by atoms with van der Waals surface area (Å²) >= 11 is 0. The molecule has 1 aromatic carbocycles. The second kappa shape index (κ2) is 5.11. The molecule has 2 fully saturated rings. The lowest BCUT2D eigenvalue weighted by molar-refractivity contribution is -0.134. The SMILES string of the molecule is Cc1cc(N2CC(N)C2)cc(F)c1C1CCC(=O)NC1=O. The molecule has 5 nitrogen and oxygen atoms in total. The predicted octanol–water partition coefficient (Wildman–Crippen LogP) is 0.802. The van der Waals surface area contributed by atoms with Crippen LogP contribution in [0.3, 0.4) is 0 Å². The van der Waals surface area contributed by atoms with Crippen LogP contribution in [-0.2, 0) is 9.59 Å². The lowest BCUT2D eigenvalue weighted by Crippen LogP contribution is -2.55. The van der Waals surface area contributed by atoms with Crippen LogP contribution in [0.4, 0.5) is 10.1 Å². The minimum atomic E-state index is -0.588. The molecule has 6 heteroatoms. The van der Waals surface area contributed by atoms with Crippen molar-refractivity contribution < 1.29 is 14.0 Å². The molecule has 2 aliphatic rings. The Balaban J connectivity index is 1.89. The van der Waals surface area contributed by atoms with E-state index in [9.17, 15) is 14.0 Å². The van der Waals surface area contributed by atoms with Gasteiger partial charge in [-0.1, -0.05) is 0 Å². The van der Waals surface area contributed by atoms with Crippen LogP contribution < -0.4 is 16.0 Å². The molecule has 0 radical (unpaired) electrons. The van der Waals surface area contributed by atoms with Crippen LogP contribution in [0, 0.1) is 12.7 Å². The van der Waals surface area contributed by atoms with Gasteiger partial charge in [-0.25, -0.2) is 4.39 Å². The van der Waals surface area contributed by atoms with Gasteiger partial charge in [-0.3, -0.25) is 14.9 Å². The number of hydrogen-bond acceptors (Lipinski definition) is 4. The molecule has 0 aliphatic carbocycles. The third-order valence-electron chi connectivity index (χ3n) is 4.18. The molecule has 21 heavy (non-hydrogen) atoms. The second-order valence-electron chi connectivity index (χ2n) is 5.83. The zero-order valence-corrected chi connectivity index (χ0v) is 11.9. The van der Waals surface area contributed by atoms with E-state index in [4.69, 9.17) is 5.73 Å². The van der Waals surface area contributed by atoms with E-state index in [1.165, 1.54) is 6.07 Å². The summed E-state index contributed by atoms with van der Waals surface area (Å²) in [5.74, 6) is -1.68. The predicted molar refractivity (Wildman–Crippen MR) is 76.5 cm³/mol. The number of aryl methyl sites for hydroxylation is 1. The molecule has 1 unspecified atom stereocenters. The lowest BCUT2D eigenvalue weighted by Gasteiger charge is -2.39. The summed E-state index contributed by atoms with van der Waals surface area (Å²) in [6.07, 6.45) is 0.606. The van der Waals surface area contributed by atoms with Crippen LogP contribution in [0.15, 0.2) is 12.1 Å². The number of halogens is 1. The highest BCUT2D eigenvalue weighted by atomic mass is 19.1. The topological polar surface area (TPSA) is 75.4 Å². The van der Waals surface area contributed by atoms with Gasteiger partial charge in [0.1, 0.15) is 5.82 Å². The number of hydrogen-bond donors (Lipinski definition) is 2. The molecule has 2 heterocycles. The van der Waals surface area contributed by atoms with Gasteiger partial charge in [-0.15, -0.1) is 0 Å². The van der Waals surface area contributed by atoms with Crippen molar-refractivity contribution in [1.29, 1.82) is 0 Å². The minimum absolute atomic E-state index is 0.142. The number of nitrogens with two attached hydrogens (primary N) is 1. The average molecular weight is 291 g/mol. The van der Waals surface area contributed by atoms with Gasteiger partial charge in [0.25, 0.3) is 0 Å². The Kier molecular flexibility index (Phi) is 3.41. The first-order valence-electron chi connectivity index (χ1n) is 7.10. The van der Waals surface area contributed by atoms with E-state index >= 15 is 0 Å². The maximum absolute atomic E-state index is 14.5. The smallest absolute Gasteiger partial charge is 0.234 e. The number of carbonyl (C=O) groups is 2. The number of carbonyl (C=O) groups excluding carboxylic acids is 2. The maximum Gasteiger partial charge on any atom is 0.234 e. The molecule has 112 valence electrons. The van der Waals surface area contributed by atoms with Crippen molar-refractivity contribution >= 4 is 17.5 Å². The zero-order valence-electron chi connectivity index (χ0n) is 11.9. The number of nitrogens with zero attached hydrogens (tertiary/aromatic N) is 1. The highest BCUT2D eigenvalue weighted by Crippen LogP contribution is 2.33. The standard InChI is InChI=1S/C15H18FN3O2/c1-8-4-10(19-6-9(17)7-19)5-12(16)14(8)11-2-3-13(20)18-15(11)21/h4-5,9,11H,2-3,6-7,17H2,1H3,(H,18,20,21). The van der Waals surface area contributed by atoms with Gasteiger partial charge in [0, 0.05) is 36.8 Å². The summed E-state index contributed by atoms with van der Waals surface area (Å²) in [7, 11) is 0. The van der Waals surface area contributed by atoms with Crippen LogP contribution in [0.5, 0.6) is 0 Å². The molecule has 2 aliphatic heterocycles. The number of piperidine rings is 1. The van der Waals surface area contributed by atoms with E-state index in [0.29, 0.717) is 12.0 Å². The number of nitrogens with one attached hydrogen (secondary N) is 1. The Morgan fingerprint density at radius 2 is 2.05 bits per heavy atom. The van der Waals surface area contributed by atoms with Crippen molar-refractivity contribution in [3.63, 3.8) is 0 Å². The fraction of sp³-hybridized carbons (Fsp3) is 0.467. The highest BCUT2D eigenvalue weighted by Gasteiger charge is 2.32. The molecule has 0 saturated carbocycles. The summed E-state index contributed by atoms with van der Waals surface area (Å²) < 4.78 is 14.5. The van der Waals surface area contributed by atoms with E-state index in [-0.39, 0.29) is 24.2 Å². The number of anilines is 1. The minimum Gasteiger partial charge on any atom is -0.368 e. The summed E-state index contributed by atoms with van der Waals surface area (Å²) in [5.41, 5.74) is 7.67. The first-order chi connectivity index (χ1) is 9.95. The molecule has 1 aromatic rings. The van der Waals surface area contributed by atoms with Crippen LogP contribution in [0.2, 0.25) is 0 Å². The molecule has 2 amide bonds. The van der Waals surface area contributed by atoms with Crippen LogP contribution in [-0.4, -0.2) is 30.9 Å². The first kappa shape index (κ1) is 14.0. The molecule has 3 N–H and O–H groups in total. The van der Waals surface area contributed by atoms with E-state index in [1.54, 1.807) is 6.92 Å². The summed E-state index contributed by atoms with van der Waals surface area (Å²) in [5, 5.41) is 2.28. The number of amides is 2. The molecule has 3 rings (SSSR count).